The molecule has 0 spiro atoms. The Labute approximate surface area is 136 Å². The highest BCUT2D eigenvalue weighted by Gasteiger charge is 2.37. The van der Waals surface area contributed by atoms with Crippen molar-refractivity contribution in [3.8, 4) is 5.75 Å². The molecule has 0 aromatic heterocycles. The number of nitrogens with zero attached hydrogens (tertiary/aromatic N) is 1. The maximum absolute atomic E-state index is 12.9. The second kappa shape index (κ2) is 6.22. The fourth-order valence-electron chi connectivity index (χ4n) is 3.96. The molecular formula is C18H23NO4. The minimum Gasteiger partial charge on any atom is -0.497 e. The smallest absolute Gasteiger partial charge is 0.306 e. The van der Waals surface area contributed by atoms with E-state index >= 15 is 0 Å². The Morgan fingerprint density at radius 2 is 1.96 bits per heavy atom. The van der Waals surface area contributed by atoms with E-state index in [-0.39, 0.29) is 23.9 Å². The molecule has 5 nitrogen and oxygen atoms in total. The first-order valence-electron chi connectivity index (χ1n) is 8.23. The highest BCUT2D eigenvalue weighted by molar-refractivity contribution is 5.97. The van der Waals surface area contributed by atoms with E-state index < -0.39 is 5.97 Å². The van der Waals surface area contributed by atoms with Crippen molar-refractivity contribution in [2.24, 2.45) is 5.92 Å². The van der Waals surface area contributed by atoms with E-state index in [4.69, 9.17) is 9.84 Å². The molecule has 1 aliphatic carbocycles. The molecule has 0 bridgehead atoms. The number of carboxylic acid groups (broad SMARTS) is 1. The van der Waals surface area contributed by atoms with Crippen molar-refractivity contribution >= 4 is 11.9 Å². The lowest BCUT2D eigenvalue weighted by Gasteiger charge is -2.42. The van der Waals surface area contributed by atoms with Crippen molar-refractivity contribution in [3.63, 3.8) is 0 Å². The number of aliphatic carboxylic acids is 1. The lowest BCUT2D eigenvalue weighted by Crippen LogP contribution is -2.51. The molecule has 0 saturated heterocycles. The van der Waals surface area contributed by atoms with Crippen molar-refractivity contribution in [3.05, 3.63) is 29.3 Å². The van der Waals surface area contributed by atoms with Gasteiger partial charge in [-0.25, -0.2) is 0 Å². The van der Waals surface area contributed by atoms with E-state index in [1.54, 1.807) is 7.11 Å². The molecule has 0 radical (unpaired) electrons. The summed E-state index contributed by atoms with van der Waals surface area (Å²) in [5.41, 5.74) is 1.79. The maximum atomic E-state index is 12.9. The lowest BCUT2D eigenvalue weighted by molar-refractivity contribution is -0.143. The van der Waals surface area contributed by atoms with Gasteiger partial charge in [-0.1, -0.05) is 0 Å². The summed E-state index contributed by atoms with van der Waals surface area (Å²) in [4.78, 5) is 26.0. The zero-order chi connectivity index (χ0) is 16.6. The van der Waals surface area contributed by atoms with E-state index in [9.17, 15) is 9.59 Å². The topological polar surface area (TPSA) is 66.8 Å². The molecule has 1 heterocycles. The van der Waals surface area contributed by atoms with Gasteiger partial charge in [0.15, 0.2) is 0 Å². The Morgan fingerprint density at radius 1 is 1.26 bits per heavy atom. The van der Waals surface area contributed by atoms with Gasteiger partial charge in [-0.3, -0.25) is 9.59 Å². The average molecular weight is 317 g/mol. The van der Waals surface area contributed by atoms with Gasteiger partial charge in [0.05, 0.1) is 13.0 Å². The summed E-state index contributed by atoms with van der Waals surface area (Å²) >= 11 is 0. The minimum absolute atomic E-state index is 0.0696. The third kappa shape index (κ3) is 2.92. The Kier molecular flexibility index (Phi) is 4.28. The van der Waals surface area contributed by atoms with Gasteiger partial charge in [-0.15, -0.1) is 0 Å². The number of amides is 1. The molecule has 5 heteroatoms. The summed E-state index contributed by atoms with van der Waals surface area (Å²) in [6.07, 6.45) is 3.69. The number of hydrogen-bond donors (Lipinski definition) is 1. The molecule has 1 aromatic carbocycles. The molecule has 1 N–H and O–H groups in total. The number of fused-ring (bicyclic) bond motifs is 1. The fraction of sp³-hybridized carbons (Fsp3) is 0.556. The summed E-state index contributed by atoms with van der Waals surface area (Å²) in [6.45, 7) is 2.07. The first-order chi connectivity index (χ1) is 11.0. The SMILES string of the molecule is COc1ccc2c(c1)CC(C)N(C1CCC(C(=O)O)CC1)C2=O. The van der Waals surface area contributed by atoms with Crippen molar-refractivity contribution in [1.82, 2.24) is 4.90 Å². The molecule has 1 atom stereocenters. The molecule has 1 aromatic rings. The Bertz CT molecular complexity index is 619. The maximum Gasteiger partial charge on any atom is 0.306 e. The van der Waals surface area contributed by atoms with Crippen LogP contribution in [0.3, 0.4) is 0 Å². The first-order valence-corrected chi connectivity index (χ1v) is 8.23. The van der Waals surface area contributed by atoms with E-state index in [0.717, 1.165) is 36.1 Å². The van der Waals surface area contributed by atoms with Crippen LogP contribution in [0.15, 0.2) is 18.2 Å². The number of carbonyl (C=O) groups is 2. The number of benzene rings is 1. The van der Waals surface area contributed by atoms with E-state index in [0.29, 0.717) is 12.8 Å². The minimum atomic E-state index is -0.709. The van der Waals surface area contributed by atoms with Gasteiger partial charge in [-0.2, -0.15) is 0 Å². The van der Waals surface area contributed by atoms with Crippen LogP contribution in [0.25, 0.3) is 0 Å². The number of carbonyl (C=O) groups excluding carboxylic acids is 1. The van der Waals surface area contributed by atoms with Crippen LogP contribution >= 0.6 is 0 Å². The zero-order valence-electron chi connectivity index (χ0n) is 13.6. The van der Waals surface area contributed by atoms with Crippen molar-refractivity contribution < 1.29 is 19.4 Å². The molecule has 1 aliphatic heterocycles. The van der Waals surface area contributed by atoms with Crippen molar-refractivity contribution in [2.75, 3.05) is 7.11 Å². The summed E-state index contributed by atoms with van der Waals surface area (Å²) in [7, 11) is 1.63. The van der Waals surface area contributed by atoms with E-state index in [1.165, 1.54) is 0 Å². The van der Waals surface area contributed by atoms with Gasteiger partial charge in [0.1, 0.15) is 5.75 Å². The second-order valence-corrected chi connectivity index (χ2v) is 6.63. The molecular weight excluding hydrogens is 294 g/mol. The second-order valence-electron chi connectivity index (χ2n) is 6.63. The lowest BCUT2D eigenvalue weighted by atomic mass is 9.83. The monoisotopic (exact) mass is 317 g/mol. The van der Waals surface area contributed by atoms with Crippen LogP contribution in [0.2, 0.25) is 0 Å². The Morgan fingerprint density at radius 3 is 2.57 bits per heavy atom. The fourth-order valence-corrected chi connectivity index (χ4v) is 3.96. The van der Waals surface area contributed by atoms with Gasteiger partial charge < -0.3 is 14.7 Å². The van der Waals surface area contributed by atoms with Gasteiger partial charge in [0.2, 0.25) is 0 Å². The molecule has 2 aliphatic rings. The summed E-state index contributed by atoms with van der Waals surface area (Å²) in [5.74, 6) is -0.115. The summed E-state index contributed by atoms with van der Waals surface area (Å²) in [5, 5.41) is 9.13. The molecule has 1 saturated carbocycles. The summed E-state index contributed by atoms with van der Waals surface area (Å²) < 4.78 is 5.25. The van der Waals surface area contributed by atoms with Crippen LogP contribution in [-0.4, -0.2) is 41.1 Å². The number of carboxylic acids is 1. The van der Waals surface area contributed by atoms with Crippen LogP contribution in [0, 0.1) is 5.92 Å². The molecule has 23 heavy (non-hydrogen) atoms. The van der Waals surface area contributed by atoms with Gasteiger partial charge >= 0.3 is 5.97 Å². The standard InChI is InChI=1S/C18H23NO4/c1-11-9-13-10-15(23-2)7-8-16(13)17(20)19(11)14-5-3-12(4-6-14)18(21)22/h7-8,10-12,14H,3-6,9H2,1-2H3,(H,21,22). The predicted molar refractivity (Wildman–Crippen MR) is 85.7 cm³/mol. The van der Waals surface area contributed by atoms with Crippen LogP contribution in [-0.2, 0) is 11.2 Å². The molecule has 1 unspecified atom stereocenters. The number of methoxy groups -OCH3 is 1. The summed E-state index contributed by atoms with van der Waals surface area (Å²) in [6, 6.07) is 5.91. The largest absolute Gasteiger partial charge is 0.497 e. The van der Waals surface area contributed by atoms with Gasteiger partial charge in [0.25, 0.3) is 5.91 Å². The van der Waals surface area contributed by atoms with Crippen molar-refractivity contribution in [1.29, 1.82) is 0 Å². The molecule has 1 fully saturated rings. The van der Waals surface area contributed by atoms with Crippen LogP contribution in [0.5, 0.6) is 5.75 Å². The number of ether oxygens (including phenoxy) is 1. The first kappa shape index (κ1) is 15.8. The van der Waals surface area contributed by atoms with Crippen LogP contribution in [0.4, 0.5) is 0 Å². The number of hydrogen-bond acceptors (Lipinski definition) is 3. The molecule has 3 rings (SSSR count). The van der Waals surface area contributed by atoms with E-state index in [2.05, 4.69) is 6.92 Å². The Balaban J connectivity index is 1.79. The molecule has 124 valence electrons. The average Bonchev–Trinajstić information content (AvgIpc) is 2.54. The number of rotatable bonds is 3. The van der Waals surface area contributed by atoms with Crippen LogP contribution < -0.4 is 4.74 Å². The highest BCUT2D eigenvalue weighted by Crippen LogP contribution is 2.34. The Hall–Kier alpha value is -2.04. The van der Waals surface area contributed by atoms with Crippen LogP contribution in [0.1, 0.15) is 48.5 Å². The van der Waals surface area contributed by atoms with Crippen molar-refractivity contribution in [2.45, 2.75) is 51.1 Å². The molecule has 1 amide bonds. The van der Waals surface area contributed by atoms with E-state index in [1.807, 2.05) is 23.1 Å². The van der Waals surface area contributed by atoms with Gasteiger partial charge in [-0.05, 0) is 62.8 Å². The quantitative estimate of drug-likeness (QED) is 0.931. The zero-order valence-corrected chi connectivity index (χ0v) is 13.6. The third-order valence-electron chi connectivity index (χ3n) is 5.21. The highest BCUT2D eigenvalue weighted by atomic mass is 16.5. The third-order valence-corrected chi connectivity index (χ3v) is 5.21. The predicted octanol–water partition coefficient (Wildman–Crippen LogP) is 2.73. The van der Waals surface area contributed by atoms with Gasteiger partial charge in [0, 0.05) is 17.6 Å². The normalized spacial score (nSPS) is 27.5.